The van der Waals surface area contributed by atoms with Gasteiger partial charge in [0.15, 0.2) is 15.2 Å². The van der Waals surface area contributed by atoms with Crippen molar-refractivity contribution >= 4 is 99.6 Å². The molecule has 2 aliphatic heterocycles. The number of carboxylic acid groups (broad SMARTS) is 1. The van der Waals surface area contributed by atoms with Crippen LogP contribution in [0.4, 0.5) is 5.13 Å². The lowest BCUT2D eigenvalue weighted by Gasteiger charge is -2.49. The number of carboxylic acids is 1. The Morgan fingerprint density at radius 2 is 2.14 bits per heavy atom. The van der Waals surface area contributed by atoms with Gasteiger partial charge in [-0.15, -0.1) is 58.1 Å². The van der Waals surface area contributed by atoms with Gasteiger partial charge in [-0.25, -0.2) is 9.78 Å². The van der Waals surface area contributed by atoms with E-state index in [1.807, 2.05) is 0 Å². The highest BCUT2D eigenvalue weighted by atomic mass is 35.5. The average Bonchev–Trinajstić information content (AvgIpc) is 3.49. The molecular formula is C17H20Cl2N8O5S4. The van der Waals surface area contributed by atoms with E-state index in [2.05, 4.69) is 25.7 Å². The van der Waals surface area contributed by atoms with Gasteiger partial charge >= 0.3 is 5.97 Å². The Bertz CT molecular complexity index is 1160. The van der Waals surface area contributed by atoms with Crippen molar-refractivity contribution in [2.45, 2.75) is 15.8 Å². The minimum atomic E-state index is -1.20. The normalized spacial score (nSPS) is 19.0. The van der Waals surface area contributed by atoms with Crippen LogP contribution in [0.2, 0.25) is 0 Å². The fourth-order valence-electron chi connectivity index (χ4n) is 3.14. The highest BCUT2D eigenvalue weighted by Crippen LogP contribution is 2.41. The third-order valence-corrected chi connectivity index (χ3v) is 8.55. The summed E-state index contributed by atoms with van der Waals surface area (Å²) < 4.78 is 0.704. The van der Waals surface area contributed by atoms with Crippen molar-refractivity contribution in [3.8, 4) is 0 Å². The maximum Gasteiger partial charge on any atom is 0.352 e. The quantitative estimate of drug-likeness (QED) is 0.0957. The van der Waals surface area contributed by atoms with E-state index >= 15 is 0 Å². The summed E-state index contributed by atoms with van der Waals surface area (Å²) >= 11 is 5.19. The molecule has 2 aromatic heterocycles. The number of hydrogen-bond donors (Lipinski definition) is 4. The van der Waals surface area contributed by atoms with E-state index < -0.39 is 29.2 Å². The molecule has 2 atom stereocenters. The molecule has 0 radical (unpaired) electrons. The van der Waals surface area contributed by atoms with Gasteiger partial charge in [0.2, 0.25) is 0 Å². The molecule has 1 unspecified atom stereocenters. The van der Waals surface area contributed by atoms with Gasteiger partial charge < -0.3 is 26.7 Å². The predicted octanol–water partition coefficient (Wildman–Crippen LogP) is 0.631. The highest BCUT2D eigenvalue weighted by molar-refractivity contribution is 8.01. The Morgan fingerprint density at radius 1 is 1.36 bits per heavy atom. The summed E-state index contributed by atoms with van der Waals surface area (Å²) in [6, 6.07) is -0.931. The van der Waals surface area contributed by atoms with Crippen LogP contribution in [-0.4, -0.2) is 84.8 Å². The van der Waals surface area contributed by atoms with Gasteiger partial charge in [-0.1, -0.05) is 28.3 Å². The van der Waals surface area contributed by atoms with Crippen LogP contribution < -0.4 is 16.8 Å². The predicted molar refractivity (Wildman–Crippen MR) is 143 cm³/mol. The molecule has 0 aromatic carbocycles. The number of carbonyl (C=O) groups excluding carboxylic acids is 2. The van der Waals surface area contributed by atoms with Crippen LogP contribution in [0.1, 0.15) is 5.69 Å². The van der Waals surface area contributed by atoms with Crippen molar-refractivity contribution in [1.82, 2.24) is 25.4 Å². The van der Waals surface area contributed by atoms with Crippen molar-refractivity contribution in [2.24, 2.45) is 10.9 Å². The number of oxime groups is 1. The Balaban J connectivity index is 0.00000228. The second kappa shape index (κ2) is 13.4. The number of nitrogens with zero attached hydrogens (tertiary/aromatic N) is 5. The molecule has 0 aliphatic carbocycles. The minimum absolute atomic E-state index is 0. The van der Waals surface area contributed by atoms with Gasteiger partial charge in [-0.2, -0.15) is 0 Å². The summed E-state index contributed by atoms with van der Waals surface area (Å²) in [7, 11) is 0. The standard InChI is InChI=1S/C17H18N8O5S4.2ClH/c18-1-2-30-24-9(8-5-32-16(19)21-8)12(26)22-10-13(27)25-11(15(28)29)7(3-31-14(10)25)4-33-17-23-20-6-34-17;;/h5-6,10,14H,1-4,18H2,(H2,19,21)(H,22,26)(H,28,29);2*1H/b24-9-;;/t10?,14-;;/m1../s1. The molecule has 0 bridgehead atoms. The number of rotatable bonds is 10. The first-order valence-corrected chi connectivity index (χ1v) is 13.4. The lowest BCUT2D eigenvalue weighted by atomic mass is 10.0. The van der Waals surface area contributed by atoms with Crippen LogP contribution >= 0.6 is 71.0 Å². The second-order valence-corrected chi connectivity index (χ2v) is 10.8. The molecule has 19 heteroatoms. The molecule has 2 aliphatic rings. The van der Waals surface area contributed by atoms with Crippen LogP contribution in [0, 0.1) is 0 Å². The Kier molecular flexibility index (Phi) is 11.2. The SMILES string of the molecule is Cl.Cl.NCCO/N=C(\C(=O)NC1C(=O)N2C(C(=O)O)=C(CSc3nncs3)CS[C@H]12)c1csc(N)n1. The monoisotopic (exact) mass is 614 g/mol. The Labute approximate surface area is 233 Å². The van der Waals surface area contributed by atoms with Gasteiger partial charge in [-0.05, 0) is 5.57 Å². The van der Waals surface area contributed by atoms with E-state index in [0.29, 0.717) is 21.4 Å². The Morgan fingerprint density at radius 3 is 2.75 bits per heavy atom. The van der Waals surface area contributed by atoms with E-state index in [-0.39, 0.29) is 60.2 Å². The number of nitrogen functional groups attached to an aromatic ring is 1. The van der Waals surface area contributed by atoms with E-state index in [0.717, 1.165) is 11.3 Å². The van der Waals surface area contributed by atoms with Crippen molar-refractivity contribution in [3.63, 3.8) is 0 Å². The summed E-state index contributed by atoms with van der Waals surface area (Å²) in [5.41, 5.74) is 13.2. The number of β-lactam (4-membered cyclic amide) rings is 1. The summed E-state index contributed by atoms with van der Waals surface area (Å²) in [5.74, 6) is -1.68. The molecule has 0 saturated carbocycles. The number of aromatic nitrogens is 3. The number of anilines is 1. The number of thiazole rings is 1. The van der Waals surface area contributed by atoms with E-state index in [4.69, 9.17) is 16.3 Å². The number of thioether (sulfide) groups is 2. The topological polar surface area (TPSA) is 199 Å². The van der Waals surface area contributed by atoms with Crippen LogP contribution in [0.25, 0.3) is 0 Å². The number of hydrogen-bond acceptors (Lipinski definition) is 14. The van der Waals surface area contributed by atoms with Crippen molar-refractivity contribution in [1.29, 1.82) is 0 Å². The average molecular weight is 616 g/mol. The fourth-order valence-corrected chi connectivity index (χ4v) is 6.66. The minimum Gasteiger partial charge on any atom is -0.477 e. The van der Waals surface area contributed by atoms with Gasteiger partial charge in [0.05, 0.1) is 0 Å². The molecule has 4 heterocycles. The third-order valence-electron chi connectivity index (χ3n) is 4.59. The van der Waals surface area contributed by atoms with Gasteiger partial charge in [0, 0.05) is 23.4 Å². The Hall–Kier alpha value is -2.15. The van der Waals surface area contributed by atoms with Crippen LogP contribution in [0.5, 0.6) is 0 Å². The zero-order valence-corrected chi connectivity index (χ0v) is 23.0. The first-order chi connectivity index (χ1) is 16.4. The molecule has 2 amide bonds. The molecule has 196 valence electrons. The molecule has 1 saturated heterocycles. The van der Waals surface area contributed by atoms with Gasteiger partial charge in [0.1, 0.15) is 34.9 Å². The maximum absolute atomic E-state index is 12.9. The van der Waals surface area contributed by atoms with Crippen LogP contribution in [-0.2, 0) is 19.2 Å². The summed E-state index contributed by atoms with van der Waals surface area (Å²) in [4.78, 5) is 48.1. The number of amides is 2. The number of halogens is 2. The first-order valence-electron chi connectivity index (χ1n) is 9.62. The van der Waals surface area contributed by atoms with E-state index in [1.165, 1.54) is 45.1 Å². The lowest BCUT2D eigenvalue weighted by Crippen LogP contribution is -2.71. The number of fused-ring (bicyclic) bond motifs is 1. The van der Waals surface area contributed by atoms with Crippen molar-refractivity contribution < 1.29 is 24.3 Å². The number of aliphatic carboxylic acids is 1. The molecule has 4 rings (SSSR count). The third kappa shape index (κ3) is 6.39. The molecular weight excluding hydrogens is 595 g/mol. The number of nitrogens with one attached hydrogen (secondary N) is 1. The smallest absolute Gasteiger partial charge is 0.352 e. The molecule has 2 aromatic rings. The zero-order valence-electron chi connectivity index (χ0n) is 18.1. The molecule has 13 nitrogen and oxygen atoms in total. The van der Waals surface area contributed by atoms with Crippen molar-refractivity contribution in [3.05, 3.63) is 27.9 Å². The van der Waals surface area contributed by atoms with Gasteiger partial charge in [-0.3, -0.25) is 14.5 Å². The first kappa shape index (κ1) is 30.1. The van der Waals surface area contributed by atoms with Crippen molar-refractivity contribution in [2.75, 3.05) is 30.4 Å². The summed E-state index contributed by atoms with van der Waals surface area (Å²) in [5, 5.41) is 25.1. The summed E-state index contributed by atoms with van der Waals surface area (Å²) in [6.07, 6.45) is 0. The van der Waals surface area contributed by atoms with Crippen LogP contribution in [0.15, 0.2) is 31.7 Å². The number of nitrogens with two attached hydrogens (primary N) is 2. The maximum atomic E-state index is 12.9. The van der Waals surface area contributed by atoms with E-state index in [1.54, 1.807) is 5.51 Å². The number of carbonyl (C=O) groups is 3. The molecule has 36 heavy (non-hydrogen) atoms. The van der Waals surface area contributed by atoms with Gasteiger partial charge in [0.25, 0.3) is 11.8 Å². The molecule has 0 spiro atoms. The summed E-state index contributed by atoms with van der Waals surface area (Å²) in [6.45, 7) is 0.270. The largest absolute Gasteiger partial charge is 0.477 e. The lowest BCUT2D eigenvalue weighted by molar-refractivity contribution is -0.150. The fraction of sp³-hybridized carbons (Fsp3) is 0.353. The zero-order chi connectivity index (χ0) is 24.2. The second-order valence-electron chi connectivity index (χ2n) is 6.74. The highest BCUT2D eigenvalue weighted by Gasteiger charge is 2.54. The molecule has 6 N–H and O–H groups in total. The van der Waals surface area contributed by atoms with E-state index in [9.17, 15) is 19.5 Å². The molecule has 1 fully saturated rings. The van der Waals surface area contributed by atoms with Crippen LogP contribution in [0.3, 0.4) is 0 Å².